The molecule has 3 aromatic carbocycles. The van der Waals surface area contributed by atoms with E-state index in [1.165, 1.54) is 6.21 Å². The Kier molecular flexibility index (Phi) is 7.19. The smallest absolute Gasteiger partial charge is 0.343 e. The van der Waals surface area contributed by atoms with E-state index in [0.717, 1.165) is 11.1 Å². The summed E-state index contributed by atoms with van der Waals surface area (Å²) < 4.78 is 10.7. The van der Waals surface area contributed by atoms with Crippen molar-refractivity contribution >= 4 is 29.7 Å². The number of nitrogens with one attached hydrogen (secondary N) is 1. The molecule has 0 aliphatic heterocycles. The molecule has 0 spiro atoms. The lowest BCUT2D eigenvalue weighted by atomic mass is 10.1. The molecule has 0 fully saturated rings. The van der Waals surface area contributed by atoms with Crippen molar-refractivity contribution < 1.29 is 19.1 Å². The molecule has 0 bridgehead atoms. The fourth-order valence-electron chi connectivity index (χ4n) is 2.48. The predicted molar refractivity (Wildman–Crippen MR) is 115 cm³/mol. The number of para-hydroxylation sites is 1. The first-order valence-electron chi connectivity index (χ1n) is 9.09. The molecule has 1 N–H and O–H groups in total. The quantitative estimate of drug-likeness (QED) is 0.265. The average molecular weight is 423 g/mol. The van der Waals surface area contributed by atoms with Crippen molar-refractivity contribution in [3.63, 3.8) is 0 Å². The van der Waals surface area contributed by atoms with Gasteiger partial charge in [0.15, 0.2) is 6.61 Å². The molecule has 30 heavy (non-hydrogen) atoms. The van der Waals surface area contributed by atoms with Crippen LogP contribution in [-0.2, 0) is 4.79 Å². The fraction of sp³-hybridized carbons (Fsp3) is 0.0870. The topological polar surface area (TPSA) is 77.0 Å². The summed E-state index contributed by atoms with van der Waals surface area (Å²) in [6.07, 6.45) is 1.47. The molecule has 0 saturated heterocycles. The van der Waals surface area contributed by atoms with Crippen molar-refractivity contribution in [1.29, 1.82) is 0 Å². The number of carbonyl (C=O) groups excluding carboxylic acids is 2. The van der Waals surface area contributed by atoms with Crippen LogP contribution in [-0.4, -0.2) is 24.7 Å². The fourth-order valence-corrected chi connectivity index (χ4v) is 2.67. The van der Waals surface area contributed by atoms with Gasteiger partial charge in [-0.05, 0) is 61.0 Å². The van der Waals surface area contributed by atoms with Gasteiger partial charge in [0.2, 0.25) is 0 Å². The number of aryl methyl sites for hydroxylation is 1. The van der Waals surface area contributed by atoms with Crippen molar-refractivity contribution in [2.75, 3.05) is 6.61 Å². The Labute approximate surface area is 179 Å². The lowest BCUT2D eigenvalue weighted by Gasteiger charge is -2.06. The summed E-state index contributed by atoms with van der Waals surface area (Å²) in [5, 5.41) is 4.31. The number of amides is 1. The van der Waals surface area contributed by atoms with Crippen molar-refractivity contribution in [1.82, 2.24) is 5.43 Å². The van der Waals surface area contributed by atoms with E-state index in [2.05, 4.69) is 10.5 Å². The van der Waals surface area contributed by atoms with Crippen LogP contribution in [0.5, 0.6) is 11.5 Å². The van der Waals surface area contributed by atoms with E-state index < -0.39 is 11.9 Å². The molecule has 0 unspecified atom stereocenters. The number of hydrazone groups is 1. The van der Waals surface area contributed by atoms with Crippen LogP contribution >= 0.6 is 11.6 Å². The van der Waals surface area contributed by atoms with Gasteiger partial charge in [-0.25, -0.2) is 10.2 Å². The second kappa shape index (κ2) is 10.2. The average Bonchev–Trinajstić information content (AvgIpc) is 2.74. The number of nitrogens with zero attached hydrogens (tertiary/aromatic N) is 1. The number of carbonyl (C=O) groups is 2. The number of esters is 1. The lowest BCUT2D eigenvalue weighted by Crippen LogP contribution is -2.24. The Morgan fingerprint density at radius 1 is 1.03 bits per heavy atom. The molecule has 7 heteroatoms. The number of hydrogen-bond donors (Lipinski definition) is 1. The van der Waals surface area contributed by atoms with Crippen LogP contribution in [0.1, 0.15) is 21.5 Å². The third-order valence-electron chi connectivity index (χ3n) is 3.94. The molecule has 0 heterocycles. The molecule has 0 aromatic heterocycles. The first kappa shape index (κ1) is 21.1. The van der Waals surface area contributed by atoms with Crippen LogP contribution in [0.15, 0.2) is 77.9 Å². The van der Waals surface area contributed by atoms with Crippen molar-refractivity contribution in [2.24, 2.45) is 5.10 Å². The van der Waals surface area contributed by atoms with Gasteiger partial charge in [-0.1, -0.05) is 41.4 Å². The minimum Gasteiger partial charge on any atom is -0.482 e. The first-order valence-corrected chi connectivity index (χ1v) is 9.47. The first-order chi connectivity index (χ1) is 14.5. The summed E-state index contributed by atoms with van der Waals surface area (Å²) in [5.74, 6) is -0.00861. The summed E-state index contributed by atoms with van der Waals surface area (Å²) in [5.41, 5.74) is 4.56. The number of ether oxygens (including phenoxy) is 2. The van der Waals surface area contributed by atoms with E-state index in [4.69, 9.17) is 21.1 Å². The summed E-state index contributed by atoms with van der Waals surface area (Å²) >= 11 is 5.96. The Balaban J connectivity index is 1.48. The van der Waals surface area contributed by atoms with Gasteiger partial charge in [-0.2, -0.15) is 5.10 Å². The Morgan fingerprint density at radius 3 is 2.53 bits per heavy atom. The van der Waals surface area contributed by atoms with Crippen molar-refractivity contribution in [3.05, 3.63) is 94.5 Å². The highest BCUT2D eigenvalue weighted by Gasteiger charge is 2.08. The molecular formula is C23H19ClN2O4. The van der Waals surface area contributed by atoms with Crippen molar-refractivity contribution in [2.45, 2.75) is 6.92 Å². The van der Waals surface area contributed by atoms with Gasteiger partial charge in [0.05, 0.1) is 16.8 Å². The van der Waals surface area contributed by atoms with Crippen LogP contribution in [0.25, 0.3) is 0 Å². The highest BCUT2D eigenvalue weighted by molar-refractivity contribution is 6.32. The summed E-state index contributed by atoms with van der Waals surface area (Å²) in [7, 11) is 0. The number of halogens is 1. The standard InChI is InChI=1S/C23H19ClN2O4/c1-16-5-4-6-18(13-16)23(28)30-19-11-9-17(10-12-19)14-25-26-22(27)15-29-21-8-3-2-7-20(21)24/h2-14H,15H2,1H3,(H,26,27)/b25-14-. The second-order valence-corrected chi connectivity index (χ2v) is 6.75. The molecule has 0 aliphatic rings. The Hall–Kier alpha value is -3.64. The Bertz CT molecular complexity index is 1060. The molecule has 1 amide bonds. The third kappa shape index (κ3) is 6.18. The van der Waals surface area contributed by atoms with Gasteiger partial charge >= 0.3 is 5.97 Å². The summed E-state index contributed by atoms with van der Waals surface area (Å²) in [6, 6.07) is 20.8. The maximum atomic E-state index is 12.2. The molecule has 152 valence electrons. The van der Waals surface area contributed by atoms with Gasteiger partial charge in [-0.3, -0.25) is 4.79 Å². The number of benzene rings is 3. The molecule has 0 radical (unpaired) electrons. The van der Waals surface area contributed by atoms with E-state index in [1.54, 1.807) is 66.7 Å². The second-order valence-electron chi connectivity index (χ2n) is 6.34. The van der Waals surface area contributed by atoms with Crippen LogP contribution in [0.2, 0.25) is 5.02 Å². The van der Waals surface area contributed by atoms with Crippen molar-refractivity contribution in [3.8, 4) is 11.5 Å². The molecule has 6 nitrogen and oxygen atoms in total. The van der Waals surface area contributed by atoms with Crippen LogP contribution < -0.4 is 14.9 Å². The normalized spacial score (nSPS) is 10.6. The zero-order valence-electron chi connectivity index (χ0n) is 16.2. The van der Waals surface area contributed by atoms with E-state index in [-0.39, 0.29) is 6.61 Å². The molecule has 0 atom stereocenters. The van der Waals surface area contributed by atoms with Gasteiger partial charge in [0, 0.05) is 0 Å². The maximum Gasteiger partial charge on any atom is 0.343 e. The predicted octanol–water partition coefficient (Wildman–Crippen LogP) is 4.40. The van der Waals surface area contributed by atoms with E-state index in [9.17, 15) is 9.59 Å². The maximum absolute atomic E-state index is 12.2. The molecule has 3 rings (SSSR count). The molecule has 0 aliphatic carbocycles. The lowest BCUT2D eigenvalue weighted by molar-refractivity contribution is -0.123. The zero-order valence-corrected chi connectivity index (χ0v) is 16.9. The van der Waals surface area contributed by atoms with E-state index >= 15 is 0 Å². The summed E-state index contributed by atoms with van der Waals surface area (Å²) in [6.45, 7) is 1.70. The van der Waals surface area contributed by atoms with Gasteiger partial charge in [0.1, 0.15) is 11.5 Å². The Morgan fingerprint density at radius 2 is 1.80 bits per heavy atom. The zero-order chi connectivity index (χ0) is 21.3. The van der Waals surface area contributed by atoms with Gasteiger partial charge in [0.25, 0.3) is 5.91 Å². The SMILES string of the molecule is Cc1cccc(C(=O)Oc2ccc(/C=N\NC(=O)COc3ccccc3Cl)cc2)c1. The minimum atomic E-state index is -0.425. The third-order valence-corrected chi connectivity index (χ3v) is 4.25. The van der Waals surface area contributed by atoms with Crippen LogP contribution in [0, 0.1) is 6.92 Å². The van der Waals surface area contributed by atoms with Crippen LogP contribution in [0.3, 0.4) is 0 Å². The largest absolute Gasteiger partial charge is 0.482 e. The molecule has 0 saturated carbocycles. The number of hydrogen-bond acceptors (Lipinski definition) is 5. The highest BCUT2D eigenvalue weighted by Crippen LogP contribution is 2.22. The monoisotopic (exact) mass is 422 g/mol. The summed E-state index contributed by atoms with van der Waals surface area (Å²) in [4.78, 5) is 24.0. The van der Waals surface area contributed by atoms with E-state index in [0.29, 0.717) is 22.1 Å². The van der Waals surface area contributed by atoms with Gasteiger partial charge < -0.3 is 9.47 Å². The van der Waals surface area contributed by atoms with E-state index in [1.807, 2.05) is 13.0 Å². The highest BCUT2D eigenvalue weighted by atomic mass is 35.5. The molecule has 3 aromatic rings. The minimum absolute atomic E-state index is 0.213. The van der Waals surface area contributed by atoms with Gasteiger partial charge in [-0.15, -0.1) is 0 Å². The number of rotatable bonds is 7. The van der Waals surface area contributed by atoms with Crippen LogP contribution in [0.4, 0.5) is 0 Å². The molecular weight excluding hydrogens is 404 g/mol.